The van der Waals surface area contributed by atoms with Crippen LogP contribution in [0.15, 0.2) is 60.7 Å². The predicted molar refractivity (Wildman–Crippen MR) is 94.6 cm³/mol. The van der Waals surface area contributed by atoms with Gasteiger partial charge in [-0.3, -0.25) is 4.79 Å². The summed E-state index contributed by atoms with van der Waals surface area (Å²) in [6.07, 6.45) is 9.51. The second-order valence-electron chi connectivity index (χ2n) is 5.84. The molecule has 1 heterocycles. The molecule has 0 fully saturated rings. The van der Waals surface area contributed by atoms with Crippen LogP contribution in [0.4, 0.5) is 5.69 Å². The maximum atomic E-state index is 10.8. The van der Waals surface area contributed by atoms with Gasteiger partial charge in [0.05, 0.1) is 10.4 Å². The largest absolute Gasteiger partial charge is 0.376 e. The van der Waals surface area contributed by atoms with Gasteiger partial charge in [-0.15, -0.1) is 11.3 Å². The van der Waals surface area contributed by atoms with Crippen LogP contribution in [0.2, 0.25) is 0 Å². The highest BCUT2D eigenvalue weighted by atomic mass is 32.1. The molecule has 0 amide bonds. The van der Waals surface area contributed by atoms with Crippen LogP contribution in [0, 0.1) is 5.92 Å². The van der Waals surface area contributed by atoms with E-state index in [9.17, 15) is 4.79 Å². The lowest BCUT2D eigenvalue weighted by Gasteiger charge is -2.35. The van der Waals surface area contributed by atoms with Crippen LogP contribution in [0.1, 0.15) is 23.5 Å². The number of hydrogen-bond donors (Lipinski definition) is 1. The Balaban J connectivity index is 1.78. The Bertz CT molecular complexity index is 726. The molecule has 22 heavy (non-hydrogen) atoms. The summed E-state index contributed by atoms with van der Waals surface area (Å²) in [6.45, 7) is 4.43. The Morgan fingerprint density at radius 1 is 1.14 bits per heavy atom. The van der Waals surface area contributed by atoms with E-state index in [2.05, 4.69) is 67.7 Å². The third-order valence-electron chi connectivity index (χ3n) is 4.23. The lowest BCUT2D eigenvalue weighted by atomic mass is 9.83. The van der Waals surface area contributed by atoms with E-state index in [1.54, 1.807) is 0 Å². The monoisotopic (exact) mass is 309 g/mol. The number of hydrogen-bond acceptors (Lipinski definition) is 3. The number of aldehydes is 1. The number of nitrogens with one attached hydrogen (secondary N) is 1. The Labute approximate surface area is 135 Å². The third-order valence-corrected chi connectivity index (χ3v) is 5.28. The zero-order valence-electron chi connectivity index (χ0n) is 12.7. The lowest BCUT2D eigenvalue weighted by Crippen LogP contribution is -2.39. The normalized spacial score (nSPS) is 23.5. The number of anilines is 1. The molecule has 2 aromatic rings. The molecular weight excluding hydrogens is 290 g/mol. The summed E-state index contributed by atoms with van der Waals surface area (Å²) in [7, 11) is 0. The molecule has 1 aromatic heterocycles. The zero-order chi connectivity index (χ0) is 15.6. The molecule has 1 N–H and O–H groups in total. The Kier molecular flexibility index (Phi) is 3.99. The quantitative estimate of drug-likeness (QED) is 0.790. The smallest absolute Gasteiger partial charge is 0.160 e. The second kappa shape index (κ2) is 5.93. The maximum absolute atomic E-state index is 10.8. The van der Waals surface area contributed by atoms with E-state index in [1.807, 2.05) is 12.1 Å². The Hall–Kier alpha value is -2.13. The summed E-state index contributed by atoms with van der Waals surface area (Å²) >= 11 is 1.52. The van der Waals surface area contributed by atoms with Gasteiger partial charge in [-0.1, -0.05) is 43.4 Å². The SMILES string of the molecule is CC1C=CC=CC1(C)Nc1ccc(-c2ccc(C=O)s2)cc1. The minimum absolute atomic E-state index is 0.0656. The number of thiophene rings is 1. The first-order valence-corrected chi connectivity index (χ1v) is 8.22. The van der Waals surface area contributed by atoms with Gasteiger partial charge in [-0.25, -0.2) is 0 Å². The summed E-state index contributed by atoms with van der Waals surface area (Å²) in [5.41, 5.74) is 2.18. The molecule has 0 radical (unpaired) electrons. The van der Waals surface area contributed by atoms with E-state index in [-0.39, 0.29) is 5.54 Å². The summed E-state index contributed by atoms with van der Waals surface area (Å²) in [5.74, 6) is 0.435. The van der Waals surface area contributed by atoms with E-state index in [4.69, 9.17) is 0 Å². The van der Waals surface area contributed by atoms with Crippen molar-refractivity contribution in [1.29, 1.82) is 0 Å². The van der Waals surface area contributed by atoms with Crippen LogP contribution in [0.25, 0.3) is 10.4 Å². The summed E-state index contributed by atoms with van der Waals surface area (Å²) in [5, 5.41) is 3.61. The first-order valence-electron chi connectivity index (χ1n) is 7.40. The van der Waals surface area contributed by atoms with Gasteiger partial charge in [-0.05, 0) is 36.8 Å². The van der Waals surface area contributed by atoms with Gasteiger partial charge in [0, 0.05) is 16.5 Å². The molecule has 2 unspecified atom stereocenters. The Morgan fingerprint density at radius 3 is 2.55 bits per heavy atom. The van der Waals surface area contributed by atoms with Gasteiger partial charge in [0.25, 0.3) is 0 Å². The molecule has 0 saturated carbocycles. The fraction of sp³-hybridized carbons (Fsp3) is 0.211. The standard InChI is InChI=1S/C19H19NOS/c1-14-5-3-4-12-19(14,2)20-16-8-6-15(7-9-16)18-11-10-17(13-21)22-18/h3-14,20H,1-2H3. The van der Waals surface area contributed by atoms with E-state index >= 15 is 0 Å². The van der Waals surface area contributed by atoms with Crippen molar-refractivity contribution in [2.75, 3.05) is 5.32 Å². The van der Waals surface area contributed by atoms with Crippen molar-refractivity contribution in [2.45, 2.75) is 19.4 Å². The zero-order valence-corrected chi connectivity index (χ0v) is 13.6. The molecular formula is C19H19NOS. The molecule has 2 atom stereocenters. The summed E-state index contributed by atoms with van der Waals surface area (Å²) in [6, 6.07) is 12.2. The maximum Gasteiger partial charge on any atom is 0.160 e. The molecule has 1 aliphatic carbocycles. The topological polar surface area (TPSA) is 29.1 Å². The molecule has 3 heteroatoms. The number of benzene rings is 1. The van der Waals surface area contributed by atoms with Crippen molar-refractivity contribution in [2.24, 2.45) is 5.92 Å². The highest BCUT2D eigenvalue weighted by molar-refractivity contribution is 7.17. The number of carbonyl (C=O) groups excluding carboxylic acids is 1. The van der Waals surface area contributed by atoms with Crippen LogP contribution in [0.3, 0.4) is 0 Å². The fourth-order valence-electron chi connectivity index (χ4n) is 2.59. The first kappa shape index (κ1) is 14.8. The van der Waals surface area contributed by atoms with Crippen LogP contribution < -0.4 is 5.32 Å². The van der Waals surface area contributed by atoms with E-state index in [1.165, 1.54) is 11.3 Å². The van der Waals surface area contributed by atoms with E-state index in [0.29, 0.717) is 5.92 Å². The van der Waals surface area contributed by atoms with Crippen molar-refractivity contribution in [1.82, 2.24) is 0 Å². The average Bonchev–Trinajstić information content (AvgIpc) is 3.00. The predicted octanol–water partition coefficient (Wildman–Crippen LogP) is 5.16. The minimum atomic E-state index is -0.0656. The van der Waals surface area contributed by atoms with Crippen molar-refractivity contribution in [3.05, 3.63) is 65.6 Å². The van der Waals surface area contributed by atoms with E-state index in [0.717, 1.165) is 27.3 Å². The highest BCUT2D eigenvalue weighted by Crippen LogP contribution is 2.31. The van der Waals surface area contributed by atoms with Crippen LogP contribution >= 0.6 is 11.3 Å². The average molecular weight is 309 g/mol. The number of rotatable bonds is 4. The first-order chi connectivity index (χ1) is 10.6. The minimum Gasteiger partial charge on any atom is -0.376 e. The summed E-state index contributed by atoms with van der Waals surface area (Å²) < 4.78 is 0. The van der Waals surface area contributed by atoms with Gasteiger partial charge >= 0.3 is 0 Å². The molecule has 3 rings (SSSR count). The van der Waals surface area contributed by atoms with Crippen LogP contribution in [-0.2, 0) is 0 Å². The van der Waals surface area contributed by atoms with Gasteiger partial charge in [0.15, 0.2) is 6.29 Å². The highest BCUT2D eigenvalue weighted by Gasteiger charge is 2.27. The number of allylic oxidation sites excluding steroid dienone is 2. The summed E-state index contributed by atoms with van der Waals surface area (Å²) in [4.78, 5) is 12.7. The van der Waals surface area contributed by atoms with Gasteiger partial charge < -0.3 is 5.32 Å². The van der Waals surface area contributed by atoms with Crippen molar-refractivity contribution in [3.8, 4) is 10.4 Å². The Morgan fingerprint density at radius 2 is 1.91 bits per heavy atom. The molecule has 1 aliphatic rings. The third kappa shape index (κ3) is 2.90. The molecule has 2 nitrogen and oxygen atoms in total. The van der Waals surface area contributed by atoms with Crippen molar-refractivity contribution >= 4 is 23.3 Å². The molecule has 0 bridgehead atoms. The van der Waals surface area contributed by atoms with Crippen molar-refractivity contribution in [3.63, 3.8) is 0 Å². The van der Waals surface area contributed by atoms with Gasteiger partial charge in [-0.2, -0.15) is 0 Å². The molecule has 0 saturated heterocycles. The van der Waals surface area contributed by atoms with Crippen LogP contribution in [-0.4, -0.2) is 11.8 Å². The van der Waals surface area contributed by atoms with Gasteiger partial charge in [0.1, 0.15) is 0 Å². The molecule has 112 valence electrons. The van der Waals surface area contributed by atoms with Gasteiger partial charge in [0.2, 0.25) is 0 Å². The van der Waals surface area contributed by atoms with Crippen LogP contribution in [0.5, 0.6) is 0 Å². The van der Waals surface area contributed by atoms with Crippen molar-refractivity contribution < 1.29 is 4.79 Å². The second-order valence-corrected chi connectivity index (χ2v) is 6.95. The van der Waals surface area contributed by atoms with E-state index < -0.39 is 0 Å². The fourth-order valence-corrected chi connectivity index (χ4v) is 3.42. The molecule has 0 spiro atoms. The molecule has 1 aromatic carbocycles. The molecule has 0 aliphatic heterocycles. The number of carbonyl (C=O) groups is 1. The lowest BCUT2D eigenvalue weighted by molar-refractivity contribution is 0.112.